The summed E-state index contributed by atoms with van der Waals surface area (Å²) >= 11 is 7.74. The zero-order valence-corrected chi connectivity index (χ0v) is 12.7. The standard InChI is InChI=1S/C16H15ClN2S/c1-20-14-5-3-13(4-6-14)18-9-11-10-19-16-8-12(17)2-7-15(11)16/h2-8,10,18-19H,9H2,1H3. The van der Waals surface area contributed by atoms with Crippen LogP contribution >= 0.6 is 23.4 Å². The molecule has 1 aromatic heterocycles. The number of aromatic nitrogens is 1. The van der Waals surface area contributed by atoms with Gasteiger partial charge in [-0.05, 0) is 48.2 Å². The lowest BCUT2D eigenvalue weighted by molar-refractivity contribution is 1.16. The minimum Gasteiger partial charge on any atom is -0.381 e. The number of benzene rings is 2. The predicted molar refractivity (Wildman–Crippen MR) is 88.9 cm³/mol. The molecular formula is C16H15ClN2S. The Morgan fingerprint density at radius 2 is 1.95 bits per heavy atom. The van der Waals surface area contributed by atoms with Crippen LogP contribution in [0.2, 0.25) is 5.02 Å². The van der Waals surface area contributed by atoms with Gasteiger partial charge in [0.05, 0.1) is 0 Å². The summed E-state index contributed by atoms with van der Waals surface area (Å²) in [7, 11) is 0. The zero-order chi connectivity index (χ0) is 13.9. The van der Waals surface area contributed by atoms with Crippen molar-refractivity contribution in [2.45, 2.75) is 11.4 Å². The smallest absolute Gasteiger partial charge is 0.0472 e. The number of hydrogen-bond donors (Lipinski definition) is 2. The quantitative estimate of drug-likeness (QED) is 0.652. The average Bonchev–Trinajstić information content (AvgIpc) is 2.88. The Labute approximate surface area is 127 Å². The topological polar surface area (TPSA) is 27.8 Å². The van der Waals surface area contributed by atoms with Crippen molar-refractivity contribution in [1.82, 2.24) is 4.98 Å². The van der Waals surface area contributed by atoms with E-state index in [0.717, 1.165) is 22.8 Å². The summed E-state index contributed by atoms with van der Waals surface area (Å²) in [5.41, 5.74) is 3.45. The third-order valence-electron chi connectivity index (χ3n) is 3.30. The summed E-state index contributed by atoms with van der Waals surface area (Å²) in [6.45, 7) is 0.792. The van der Waals surface area contributed by atoms with Gasteiger partial charge in [-0.25, -0.2) is 0 Å². The number of rotatable bonds is 4. The van der Waals surface area contributed by atoms with E-state index in [0.29, 0.717) is 0 Å². The van der Waals surface area contributed by atoms with E-state index in [1.807, 2.05) is 18.3 Å². The molecule has 20 heavy (non-hydrogen) atoms. The van der Waals surface area contributed by atoms with Crippen LogP contribution in [0.5, 0.6) is 0 Å². The molecule has 0 fully saturated rings. The van der Waals surface area contributed by atoms with Crippen LogP contribution in [0.25, 0.3) is 10.9 Å². The first-order valence-corrected chi connectivity index (χ1v) is 8.00. The Morgan fingerprint density at radius 1 is 1.15 bits per heavy atom. The fraction of sp³-hybridized carbons (Fsp3) is 0.125. The molecule has 0 aliphatic heterocycles. The molecule has 0 saturated carbocycles. The second-order valence-electron chi connectivity index (χ2n) is 4.59. The Balaban J connectivity index is 1.76. The molecule has 0 bridgehead atoms. The first-order valence-electron chi connectivity index (χ1n) is 6.40. The van der Waals surface area contributed by atoms with Crippen LogP contribution < -0.4 is 5.32 Å². The third kappa shape index (κ3) is 2.79. The van der Waals surface area contributed by atoms with Crippen LogP contribution in [-0.2, 0) is 6.54 Å². The molecule has 0 saturated heterocycles. The molecule has 0 aliphatic carbocycles. The van der Waals surface area contributed by atoms with Gasteiger partial charge in [-0.1, -0.05) is 17.7 Å². The number of thioether (sulfide) groups is 1. The van der Waals surface area contributed by atoms with E-state index in [9.17, 15) is 0 Å². The van der Waals surface area contributed by atoms with E-state index in [-0.39, 0.29) is 0 Å². The molecule has 0 radical (unpaired) electrons. The van der Waals surface area contributed by atoms with Gasteiger partial charge in [0.2, 0.25) is 0 Å². The maximum Gasteiger partial charge on any atom is 0.0472 e. The number of H-pyrrole nitrogens is 1. The van der Waals surface area contributed by atoms with E-state index in [4.69, 9.17) is 11.6 Å². The first kappa shape index (κ1) is 13.4. The van der Waals surface area contributed by atoms with Crippen molar-refractivity contribution in [1.29, 1.82) is 0 Å². The van der Waals surface area contributed by atoms with Crippen molar-refractivity contribution in [3.05, 3.63) is 59.2 Å². The Bertz CT molecular complexity index is 719. The van der Waals surface area contributed by atoms with Crippen LogP contribution in [0.3, 0.4) is 0 Å². The van der Waals surface area contributed by atoms with Gasteiger partial charge in [-0.2, -0.15) is 0 Å². The zero-order valence-electron chi connectivity index (χ0n) is 11.1. The molecule has 4 heteroatoms. The number of halogens is 1. The lowest BCUT2D eigenvalue weighted by atomic mass is 10.2. The normalized spacial score (nSPS) is 10.9. The monoisotopic (exact) mass is 302 g/mol. The van der Waals surface area contributed by atoms with Gasteiger partial charge in [-0.15, -0.1) is 11.8 Å². The molecule has 2 N–H and O–H groups in total. The summed E-state index contributed by atoms with van der Waals surface area (Å²) in [6, 6.07) is 14.4. The van der Waals surface area contributed by atoms with Crippen molar-refractivity contribution in [3.63, 3.8) is 0 Å². The van der Waals surface area contributed by atoms with E-state index in [1.165, 1.54) is 15.8 Å². The van der Waals surface area contributed by atoms with Crippen molar-refractivity contribution in [2.75, 3.05) is 11.6 Å². The Morgan fingerprint density at radius 3 is 2.70 bits per heavy atom. The van der Waals surface area contributed by atoms with Gasteiger partial charge in [0, 0.05) is 39.3 Å². The van der Waals surface area contributed by atoms with Gasteiger partial charge < -0.3 is 10.3 Å². The highest BCUT2D eigenvalue weighted by Crippen LogP contribution is 2.23. The van der Waals surface area contributed by atoms with Crippen molar-refractivity contribution in [3.8, 4) is 0 Å². The van der Waals surface area contributed by atoms with Crippen molar-refractivity contribution < 1.29 is 0 Å². The first-order chi connectivity index (χ1) is 9.76. The number of nitrogens with one attached hydrogen (secondary N) is 2. The molecule has 0 spiro atoms. The lowest BCUT2D eigenvalue weighted by Crippen LogP contribution is -1.98. The van der Waals surface area contributed by atoms with Crippen molar-refractivity contribution >= 4 is 40.0 Å². The minimum absolute atomic E-state index is 0.756. The Kier molecular flexibility index (Phi) is 3.90. The van der Waals surface area contributed by atoms with Crippen LogP contribution in [0.15, 0.2) is 53.6 Å². The molecule has 2 nitrogen and oxygen atoms in total. The number of aromatic amines is 1. The number of fused-ring (bicyclic) bond motifs is 1. The predicted octanol–water partition coefficient (Wildman–Crippen LogP) is 5.16. The molecule has 1 heterocycles. The molecular weight excluding hydrogens is 288 g/mol. The van der Waals surface area contributed by atoms with E-state index in [1.54, 1.807) is 11.8 Å². The summed E-state index contributed by atoms with van der Waals surface area (Å²) in [5, 5.41) is 5.41. The van der Waals surface area contributed by atoms with Gasteiger partial charge in [0.25, 0.3) is 0 Å². The van der Waals surface area contributed by atoms with Crippen LogP contribution in [0.1, 0.15) is 5.56 Å². The van der Waals surface area contributed by atoms with Crippen LogP contribution in [0, 0.1) is 0 Å². The van der Waals surface area contributed by atoms with E-state index in [2.05, 4.69) is 46.9 Å². The summed E-state index contributed by atoms with van der Waals surface area (Å²) in [5.74, 6) is 0. The maximum atomic E-state index is 5.99. The van der Waals surface area contributed by atoms with Gasteiger partial charge in [0.1, 0.15) is 0 Å². The fourth-order valence-electron chi connectivity index (χ4n) is 2.21. The molecule has 2 aromatic carbocycles. The number of anilines is 1. The lowest BCUT2D eigenvalue weighted by Gasteiger charge is -2.06. The molecule has 0 atom stereocenters. The van der Waals surface area contributed by atoms with Gasteiger partial charge >= 0.3 is 0 Å². The molecule has 3 aromatic rings. The molecule has 102 valence electrons. The van der Waals surface area contributed by atoms with Gasteiger partial charge in [0.15, 0.2) is 0 Å². The summed E-state index contributed by atoms with van der Waals surface area (Å²) < 4.78 is 0. The number of hydrogen-bond acceptors (Lipinski definition) is 2. The molecule has 0 aliphatic rings. The fourth-order valence-corrected chi connectivity index (χ4v) is 2.79. The third-order valence-corrected chi connectivity index (χ3v) is 4.28. The van der Waals surface area contributed by atoms with E-state index >= 15 is 0 Å². The van der Waals surface area contributed by atoms with Crippen LogP contribution in [0.4, 0.5) is 5.69 Å². The minimum atomic E-state index is 0.756. The molecule has 0 unspecified atom stereocenters. The Hall–Kier alpha value is -1.58. The highest BCUT2D eigenvalue weighted by Gasteiger charge is 2.04. The molecule has 3 rings (SSSR count). The maximum absolute atomic E-state index is 5.99. The van der Waals surface area contributed by atoms with Crippen molar-refractivity contribution in [2.24, 2.45) is 0 Å². The largest absolute Gasteiger partial charge is 0.381 e. The second-order valence-corrected chi connectivity index (χ2v) is 5.90. The highest BCUT2D eigenvalue weighted by atomic mass is 35.5. The van der Waals surface area contributed by atoms with Gasteiger partial charge in [-0.3, -0.25) is 0 Å². The van der Waals surface area contributed by atoms with Crippen LogP contribution in [-0.4, -0.2) is 11.2 Å². The summed E-state index contributed by atoms with van der Waals surface area (Å²) in [4.78, 5) is 4.53. The average molecular weight is 303 g/mol. The SMILES string of the molecule is CSc1ccc(NCc2c[nH]c3cc(Cl)ccc23)cc1. The van der Waals surface area contributed by atoms with E-state index < -0.39 is 0 Å². The molecule has 0 amide bonds. The highest BCUT2D eigenvalue weighted by molar-refractivity contribution is 7.98. The summed E-state index contributed by atoms with van der Waals surface area (Å²) in [6.07, 6.45) is 4.11. The second kappa shape index (κ2) is 5.81.